The second kappa shape index (κ2) is 4.54. The molecular weight excluding hydrogens is 222 g/mol. The number of aromatic nitrogens is 1. The molecule has 0 aromatic carbocycles. The molecule has 1 N–H and O–H groups in total. The maximum Gasteiger partial charge on any atom is 0.0605 e. The van der Waals surface area contributed by atoms with Crippen LogP contribution in [0.5, 0.6) is 0 Å². The molecule has 2 aliphatic rings. The Kier molecular flexibility index (Phi) is 3.02. The number of hydrogen-bond acceptors (Lipinski definition) is 3. The van der Waals surface area contributed by atoms with Crippen LogP contribution in [0.1, 0.15) is 38.3 Å². The fraction of sp³-hybridized carbons (Fsp3) is 0.667. The molecule has 3 heteroatoms. The Morgan fingerprint density at radius 1 is 1.39 bits per heavy atom. The van der Waals surface area contributed by atoms with Crippen LogP contribution in [-0.4, -0.2) is 29.7 Å². The quantitative estimate of drug-likeness (QED) is 0.824. The summed E-state index contributed by atoms with van der Waals surface area (Å²) >= 11 is 0. The second-order valence-corrected chi connectivity index (χ2v) is 5.95. The Labute approximate surface area is 110 Å². The Bertz CT molecular complexity index is 424. The van der Waals surface area contributed by atoms with Crippen molar-refractivity contribution in [2.45, 2.75) is 51.1 Å². The van der Waals surface area contributed by atoms with Gasteiger partial charge < -0.3 is 10.2 Å². The van der Waals surface area contributed by atoms with Crippen molar-refractivity contribution < 1.29 is 0 Å². The molecule has 1 aromatic heterocycles. The molecule has 1 saturated heterocycles. The summed E-state index contributed by atoms with van der Waals surface area (Å²) in [6.45, 7) is 6.65. The lowest BCUT2D eigenvalue weighted by Gasteiger charge is -2.46. The zero-order valence-electron chi connectivity index (χ0n) is 11.4. The third-order valence-corrected chi connectivity index (χ3v) is 4.63. The number of nitrogens with one attached hydrogen (secondary N) is 1. The SMILES string of the molecule is Cc1ncccc1N1CC2(CCCC2)NCC1C. The summed E-state index contributed by atoms with van der Waals surface area (Å²) in [5.41, 5.74) is 2.84. The summed E-state index contributed by atoms with van der Waals surface area (Å²) in [4.78, 5) is 7.00. The average molecular weight is 245 g/mol. The Morgan fingerprint density at radius 3 is 2.89 bits per heavy atom. The zero-order valence-corrected chi connectivity index (χ0v) is 11.4. The number of nitrogens with zero attached hydrogens (tertiary/aromatic N) is 2. The van der Waals surface area contributed by atoms with Gasteiger partial charge in [-0.15, -0.1) is 0 Å². The lowest BCUT2D eigenvalue weighted by molar-refractivity contribution is 0.276. The first-order chi connectivity index (χ1) is 8.70. The molecule has 1 atom stereocenters. The first-order valence-electron chi connectivity index (χ1n) is 7.13. The van der Waals surface area contributed by atoms with Crippen LogP contribution in [0.25, 0.3) is 0 Å². The molecule has 2 fully saturated rings. The van der Waals surface area contributed by atoms with E-state index in [1.165, 1.54) is 31.4 Å². The van der Waals surface area contributed by atoms with Crippen molar-refractivity contribution in [3.63, 3.8) is 0 Å². The lowest BCUT2D eigenvalue weighted by Crippen LogP contribution is -2.62. The monoisotopic (exact) mass is 245 g/mol. The van der Waals surface area contributed by atoms with Crippen LogP contribution >= 0.6 is 0 Å². The van der Waals surface area contributed by atoms with E-state index in [1.54, 1.807) is 0 Å². The van der Waals surface area contributed by atoms with Crippen LogP contribution < -0.4 is 10.2 Å². The van der Waals surface area contributed by atoms with Gasteiger partial charge in [0.05, 0.1) is 11.4 Å². The number of hydrogen-bond donors (Lipinski definition) is 1. The molecule has 1 spiro atoms. The first kappa shape index (κ1) is 12.0. The Hall–Kier alpha value is -1.09. The first-order valence-corrected chi connectivity index (χ1v) is 7.13. The molecule has 0 amide bonds. The highest BCUT2D eigenvalue weighted by Gasteiger charge is 2.40. The van der Waals surface area contributed by atoms with Crippen molar-refractivity contribution in [3.8, 4) is 0 Å². The van der Waals surface area contributed by atoms with Gasteiger partial charge in [0.1, 0.15) is 0 Å². The predicted molar refractivity (Wildman–Crippen MR) is 75.0 cm³/mol. The van der Waals surface area contributed by atoms with Gasteiger partial charge in [-0.25, -0.2) is 0 Å². The third-order valence-electron chi connectivity index (χ3n) is 4.63. The van der Waals surface area contributed by atoms with Gasteiger partial charge in [-0.2, -0.15) is 0 Å². The van der Waals surface area contributed by atoms with E-state index in [0.717, 1.165) is 18.8 Å². The Morgan fingerprint density at radius 2 is 2.17 bits per heavy atom. The van der Waals surface area contributed by atoms with E-state index in [-0.39, 0.29) is 0 Å². The van der Waals surface area contributed by atoms with E-state index >= 15 is 0 Å². The fourth-order valence-corrected chi connectivity index (χ4v) is 3.50. The summed E-state index contributed by atoms with van der Waals surface area (Å²) in [5, 5.41) is 3.80. The maximum absolute atomic E-state index is 4.44. The predicted octanol–water partition coefficient (Wildman–Crippen LogP) is 2.50. The smallest absolute Gasteiger partial charge is 0.0605 e. The molecule has 1 saturated carbocycles. The topological polar surface area (TPSA) is 28.2 Å². The van der Waals surface area contributed by atoms with Crippen LogP contribution in [0.15, 0.2) is 18.3 Å². The van der Waals surface area contributed by atoms with Gasteiger partial charge in [0.15, 0.2) is 0 Å². The molecule has 3 nitrogen and oxygen atoms in total. The third kappa shape index (κ3) is 2.01. The van der Waals surface area contributed by atoms with Crippen molar-refractivity contribution in [1.82, 2.24) is 10.3 Å². The highest BCUT2D eigenvalue weighted by atomic mass is 15.3. The summed E-state index contributed by atoms with van der Waals surface area (Å²) in [7, 11) is 0. The van der Waals surface area contributed by atoms with Crippen LogP contribution in [0.2, 0.25) is 0 Å². The summed E-state index contributed by atoms with van der Waals surface area (Å²) in [6, 6.07) is 4.82. The number of piperazine rings is 1. The van der Waals surface area contributed by atoms with Gasteiger partial charge in [0.25, 0.3) is 0 Å². The molecule has 1 aliphatic carbocycles. The minimum absolute atomic E-state index is 0.370. The molecule has 1 aromatic rings. The molecule has 0 radical (unpaired) electrons. The van der Waals surface area contributed by atoms with Crippen molar-refractivity contribution in [2.24, 2.45) is 0 Å². The van der Waals surface area contributed by atoms with E-state index in [4.69, 9.17) is 0 Å². The van der Waals surface area contributed by atoms with Gasteiger partial charge in [0.2, 0.25) is 0 Å². The summed E-state index contributed by atoms with van der Waals surface area (Å²) in [5.74, 6) is 0. The van der Waals surface area contributed by atoms with Gasteiger partial charge in [-0.3, -0.25) is 4.98 Å². The molecule has 1 unspecified atom stereocenters. The fourth-order valence-electron chi connectivity index (χ4n) is 3.50. The largest absolute Gasteiger partial charge is 0.364 e. The zero-order chi connectivity index (χ0) is 12.6. The van der Waals surface area contributed by atoms with Gasteiger partial charge in [0, 0.05) is 30.9 Å². The summed E-state index contributed by atoms with van der Waals surface area (Å²) in [6.07, 6.45) is 7.30. The molecule has 3 rings (SSSR count). The van der Waals surface area contributed by atoms with Crippen molar-refractivity contribution in [2.75, 3.05) is 18.0 Å². The summed E-state index contributed by atoms with van der Waals surface area (Å²) < 4.78 is 0. The normalized spacial score (nSPS) is 26.8. The number of aryl methyl sites for hydroxylation is 1. The van der Waals surface area contributed by atoms with E-state index in [9.17, 15) is 0 Å². The highest BCUT2D eigenvalue weighted by molar-refractivity contribution is 5.52. The Balaban J connectivity index is 1.88. The molecular formula is C15H23N3. The van der Waals surface area contributed by atoms with Crippen molar-refractivity contribution in [3.05, 3.63) is 24.0 Å². The molecule has 18 heavy (non-hydrogen) atoms. The van der Waals surface area contributed by atoms with Gasteiger partial charge >= 0.3 is 0 Å². The van der Waals surface area contributed by atoms with Gasteiger partial charge in [-0.05, 0) is 38.8 Å². The molecule has 2 heterocycles. The van der Waals surface area contributed by atoms with E-state index in [2.05, 4.69) is 41.2 Å². The average Bonchev–Trinajstić information content (AvgIpc) is 2.82. The molecule has 1 aliphatic heterocycles. The van der Waals surface area contributed by atoms with E-state index in [0.29, 0.717) is 11.6 Å². The minimum atomic E-state index is 0.370. The standard InChI is InChI=1S/C15H23N3/c1-12-10-17-15(7-3-4-8-15)11-18(12)14-6-5-9-16-13(14)2/h5-6,9,12,17H,3-4,7-8,10-11H2,1-2H3. The lowest BCUT2D eigenvalue weighted by atomic mass is 9.92. The van der Waals surface area contributed by atoms with Crippen LogP contribution in [0, 0.1) is 6.92 Å². The van der Waals surface area contributed by atoms with Gasteiger partial charge in [-0.1, -0.05) is 12.8 Å². The van der Waals surface area contributed by atoms with E-state index < -0.39 is 0 Å². The number of pyridine rings is 1. The van der Waals surface area contributed by atoms with Crippen molar-refractivity contribution >= 4 is 5.69 Å². The maximum atomic E-state index is 4.44. The minimum Gasteiger partial charge on any atom is -0.364 e. The van der Waals surface area contributed by atoms with Crippen molar-refractivity contribution in [1.29, 1.82) is 0 Å². The number of rotatable bonds is 1. The second-order valence-electron chi connectivity index (χ2n) is 5.95. The molecule has 0 bridgehead atoms. The molecule has 98 valence electrons. The highest BCUT2D eigenvalue weighted by Crippen LogP contribution is 2.35. The van der Waals surface area contributed by atoms with Crippen LogP contribution in [0.3, 0.4) is 0 Å². The van der Waals surface area contributed by atoms with Crippen LogP contribution in [0.4, 0.5) is 5.69 Å². The number of anilines is 1. The van der Waals surface area contributed by atoms with E-state index in [1.807, 2.05) is 6.20 Å². The van der Waals surface area contributed by atoms with Crippen LogP contribution in [-0.2, 0) is 0 Å².